The van der Waals surface area contributed by atoms with Crippen LogP contribution in [-0.2, 0) is 19.6 Å². The van der Waals surface area contributed by atoms with Crippen LogP contribution in [0, 0.1) is 5.82 Å². The largest absolute Gasteiger partial charge is 0.326 e. The molecular weight excluding hydrogens is 501 g/mol. The third kappa shape index (κ3) is 5.79. The minimum Gasteiger partial charge on any atom is -0.326 e. The first-order valence-corrected chi connectivity index (χ1v) is 13.6. The van der Waals surface area contributed by atoms with Crippen molar-refractivity contribution in [2.45, 2.75) is 54.7 Å². The maximum Gasteiger partial charge on any atom is 0.284 e. The molecule has 0 spiro atoms. The molecule has 2 amide bonds. The number of hydrogen-bond donors (Lipinski definition) is 1. The van der Waals surface area contributed by atoms with Crippen molar-refractivity contribution in [1.29, 1.82) is 0 Å². The zero-order valence-electron chi connectivity index (χ0n) is 18.1. The van der Waals surface area contributed by atoms with Crippen LogP contribution in [0.1, 0.15) is 38.5 Å². The first-order valence-electron chi connectivity index (χ1n) is 10.9. The molecular formula is C23H23ClFN3O4S2. The first-order chi connectivity index (χ1) is 16.2. The molecule has 1 heterocycles. The first kappa shape index (κ1) is 24.7. The normalized spacial score (nSPS) is 20.6. The van der Waals surface area contributed by atoms with Crippen LogP contribution in [0.4, 0.5) is 10.1 Å². The molecule has 1 saturated carbocycles. The van der Waals surface area contributed by atoms with Gasteiger partial charge in [0.25, 0.3) is 10.0 Å². The van der Waals surface area contributed by atoms with Crippen LogP contribution in [0.5, 0.6) is 0 Å². The number of amides is 2. The van der Waals surface area contributed by atoms with Crippen molar-refractivity contribution in [2.75, 3.05) is 5.32 Å². The number of thioether (sulfide) groups is 1. The molecule has 1 N–H and O–H groups in total. The number of sulfonamides is 1. The minimum absolute atomic E-state index is 0.0291. The number of nitrogens with one attached hydrogen (secondary N) is 1. The fraction of sp³-hybridized carbons (Fsp3) is 0.348. The molecule has 0 bridgehead atoms. The van der Waals surface area contributed by atoms with Gasteiger partial charge in [0.05, 0.1) is 4.90 Å². The smallest absolute Gasteiger partial charge is 0.284 e. The van der Waals surface area contributed by atoms with Gasteiger partial charge in [-0.05, 0) is 61.4 Å². The van der Waals surface area contributed by atoms with E-state index in [1.54, 1.807) is 0 Å². The molecule has 0 unspecified atom stereocenters. The molecule has 34 heavy (non-hydrogen) atoms. The van der Waals surface area contributed by atoms with Crippen LogP contribution in [-0.4, -0.2) is 41.6 Å². The highest BCUT2D eigenvalue weighted by Crippen LogP contribution is 2.36. The van der Waals surface area contributed by atoms with Gasteiger partial charge >= 0.3 is 0 Å². The summed E-state index contributed by atoms with van der Waals surface area (Å²) in [6.45, 7) is 0. The van der Waals surface area contributed by atoms with E-state index in [0.717, 1.165) is 43.9 Å². The van der Waals surface area contributed by atoms with Crippen molar-refractivity contribution in [3.05, 3.63) is 59.4 Å². The average Bonchev–Trinajstić information content (AvgIpc) is 3.10. The van der Waals surface area contributed by atoms with Crippen molar-refractivity contribution in [2.24, 2.45) is 4.40 Å². The third-order valence-corrected chi connectivity index (χ3v) is 8.52. The summed E-state index contributed by atoms with van der Waals surface area (Å²) in [7, 11) is -4.08. The SMILES string of the molecule is O=C(C[C@@H]1SC(=NS(=O)(=O)c2ccc(Cl)cc2)N(C2CCCCC2)C1=O)Nc1ccc(F)cc1. The van der Waals surface area contributed by atoms with E-state index in [1.807, 2.05) is 0 Å². The lowest BCUT2D eigenvalue weighted by Gasteiger charge is -2.30. The maximum absolute atomic E-state index is 13.3. The zero-order valence-corrected chi connectivity index (χ0v) is 20.5. The monoisotopic (exact) mass is 523 g/mol. The second-order valence-corrected chi connectivity index (χ2v) is 11.4. The van der Waals surface area contributed by atoms with Crippen molar-refractivity contribution < 1.29 is 22.4 Å². The molecule has 7 nitrogen and oxygen atoms in total. The summed E-state index contributed by atoms with van der Waals surface area (Å²) >= 11 is 6.85. The molecule has 1 aliphatic heterocycles. The molecule has 0 aromatic heterocycles. The Kier molecular flexibility index (Phi) is 7.59. The highest BCUT2D eigenvalue weighted by molar-refractivity contribution is 8.16. The van der Waals surface area contributed by atoms with Crippen LogP contribution in [0.25, 0.3) is 0 Å². The van der Waals surface area contributed by atoms with Crippen LogP contribution >= 0.6 is 23.4 Å². The summed E-state index contributed by atoms with van der Waals surface area (Å²) in [6.07, 6.45) is 4.27. The molecule has 2 aromatic carbocycles. The van der Waals surface area contributed by atoms with Crippen molar-refractivity contribution in [3.8, 4) is 0 Å². The Morgan fingerprint density at radius 3 is 2.38 bits per heavy atom. The Morgan fingerprint density at radius 2 is 1.74 bits per heavy atom. The Labute approximate surface area is 206 Å². The zero-order chi connectivity index (χ0) is 24.3. The highest BCUT2D eigenvalue weighted by atomic mass is 35.5. The Bertz CT molecular complexity index is 1200. The standard InChI is InChI=1S/C23H23ClFN3O4S2/c24-15-6-12-19(13-7-15)34(31,32)27-23-28(18-4-2-1-3-5-18)22(30)20(33-23)14-21(29)26-17-10-8-16(25)9-11-17/h6-13,18,20H,1-5,14H2,(H,26,29)/t20-/m0/s1. The summed E-state index contributed by atoms with van der Waals surface area (Å²) in [5, 5.41) is 2.33. The maximum atomic E-state index is 13.3. The van der Waals surface area contributed by atoms with Gasteiger partial charge in [0.1, 0.15) is 11.1 Å². The van der Waals surface area contributed by atoms with E-state index in [2.05, 4.69) is 9.71 Å². The van der Waals surface area contributed by atoms with Crippen LogP contribution in [0.15, 0.2) is 57.8 Å². The number of benzene rings is 2. The van der Waals surface area contributed by atoms with Gasteiger partial charge in [-0.15, -0.1) is 4.40 Å². The molecule has 2 fully saturated rings. The van der Waals surface area contributed by atoms with Gasteiger partial charge < -0.3 is 5.32 Å². The van der Waals surface area contributed by atoms with Gasteiger partial charge in [-0.3, -0.25) is 14.5 Å². The number of carbonyl (C=O) groups is 2. The second-order valence-electron chi connectivity index (χ2n) is 8.17. The predicted octanol–water partition coefficient (Wildman–Crippen LogP) is 4.83. The second kappa shape index (κ2) is 10.5. The number of carbonyl (C=O) groups excluding carboxylic acids is 2. The fourth-order valence-corrected chi connectivity index (χ4v) is 6.56. The van der Waals surface area contributed by atoms with Gasteiger partial charge in [-0.2, -0.15) is 8.42 Å². The van der Waals surface area contributed by atoms with Gasteiger partial charge in [-0.1, -0.05) is 42.6 Å². The highest BCUT2D eigenvalue weighted by Gasteiger charge is 2.43. The van der Waals surface area contributed by atoms with Crippen molar-refractivity contribution >= 4 is 56.1 Å². The minimum atomic E-state index is -4.08. The lowest BCUT2D eigenvalue weighted by atomic mass is 9.94. The quantitative estimate of drug-likeness (QED) is 0.585. The summed E-state index contributed by atoms with van der Waals surface area (Å²) in [5.74, 6) is -1.18. The number of amidine groups is 1. The van der Waals surface area contributed by atoms with E-state index in [1.165, 1.54) is 53.4 Å². The molecule has 0 radical (unpaired) electrons. The van der Waals surface area contributed by atoms with Crippen LogP contribution in [0.3, 0.4) is 0 Å². The lowest BCUT2D eigenvalue weighted by Crippen LogP contribution is -2.42. The number of nitrogens with zero attached hydrogens (tertiary/aromatic N) is 2. The molecule has 180 valence electrons. The van der Waals surface area contributed by atoms with Gasteiger partial charge in [0.2, 0.25) is 11.8 Å². The fourth-order valence-electron chi connectivity index (χ4n) is 4.03. The van der Waals surface area contributed by atoms with E-state index < -0.39 is 27.0 Å². The third-order valence-electron chi connectivity index (χ3n) is 5.72. The van der Waals surface area contributed by atoms with Crippen LogP contribution in [0.2, 0.25) is 5.02 Å². The van der Waals surface area contributed by atoms with Gasteiger partial charge in [-0.25, -0.2) is 4.39 Å². The van der Waals surface area contributed by atoms with Crippen LogP contribution < -0.4 is 5.32 Å². The molecule has 1 atom stereocenters. The molecule has 2 aliphatic rings. The van der Waals surface area contributed by atoms with E-state index in [0.29, 0.717) is 10.7 Å². The molecule has 4 rings (SSSR count). The lowest BCUT2D eigenvalue weighted by molar-refractivity contribution is -0.130. The Balaban J connectivity index is 1.57. The summed E-state index contributed by atoms with van der Waals surface area (Å²) in [5.41, 5.74) is 0.408. The Morgan fingerprint density at radius 1 is 1.09 bits per heavy atom. The summed E-state index contributed by atoms with van der Waals surface area (Å²) in [4.78, 5) is 27.3. The number of halogens is 2. The predicted molar refractivity (Wildman–Crippen MR) is 131 cm³/mol. The van der Waals surface area contributed by atoms with E-state index in [9.17, 15) is 22.4 Å². The molecule has 2 aromatic rings. The van der Waals surface area contributed by atoms with E-state index in [-0.39, 0.29) is 28.4 Å². The average molecular weight is 524 g/mol. The topological polar surface area (TPSA) is 95.9 Å². The molecule has 1 saturated heterocycles. The number of hydrogen-bond acceptors (Lipinski definition) is 5. The summed E-state index contributed by atoms with van der Waals surface area (Å²) in [6, 6.07) is 10.8. The number of rotatable bonds is 6. The number of anilines is 1. The Hall–Kier alpha value is -2.43. The molecule has 1 aliphatic carbocycles. The van der Waals surface area contributed by atoms with Gasteiger partial charge in [0, 0.05) is 23.2 Å². The van der Waals surface area contributed by atoms with E-state index in [4.69, 9.17) is 11.6 Å². The molecule has 11 heteroatoms. The summed E-state index contributed by atoms with van der Waals surface area (Å²) < 4.78 is 43.0. The van der Waals surface area contributed by atoms with Crippen molar-refractivity contribution in [1.82, 2.24) is 4.90 Å². The van der Waals surface area contributed by atoms with Crippen molar-refractivity contribution in [3.63, 3.8) is 0 Å². The van der Waals surface area contributed by atoms with E-state index >= 15 is 0 Å². The van der Waals surface area contributed by atoms with Gasteiger partial charge in [0.15, 0.2) is 5.17 Å².